The first-order chi connectivity index (χ1) is 13.3. The summed E-state index contributed by atoms with van der Waals surface area (Å²) in [6, 6.07) is 9.27. The largest absolute Gasteiger partial charge is 0.441 e. The summed E-state index contributed by atoms with van der Waals surface area (Å²) in [7, 11) is 0. The van der Waals surface area contributed by atoms with Crippen LogP contribution in [-0.2, 0) is 9.59 Å². The number of thiocarbonyl (C=S) groups is 1. The van der Waals surface area contributed by atoms with Crippen LogP contribution in [0.15, 0.2) is 40.3 Å². The molecule has 0 bridgehead atoms. The molecule has 3 rings (SSSR count). The van der Waals surface area contributed by atoms with Gasteiger partial charge < -0.3 is 9.32 Å². The summed E-state index contributed by atoms with van der Waals surface area (Å²) >= 11 is 5.26. The molecule has 0 unspecified atom stereocenters. The third kappa shape index (κ3) is 3.71. The van der Waals surface area contributed by atoms with E-state index >= 15 is 0 Å². The average molecular weight is 398 g/mol. The van der Waals surface area contributed by atoms with E-state index in [-0.39, 0.29) is 10.7 Å². The Bertz CT molecular complexity index is 973. The van der Waals surface area contributed by atoms with E-state index in [1.54, 1.807) is 6.07 Å². The van der Waals surface area contributed by atoms with Crippen molar-refractivity contribution in [2.75, 3.05) is 22.9 Å². The molecule has 2 aromatic rings. The van der Waals surface area contributed by atoms with E-state index < -0.39 is 11.8 Å². The number of benzene rings is 1. The van der Waals surface area contributed by atoms with Crippen LogP contribution in [0.4, 0.5) is 11.6 Å². The second-order valence-corrected chi connectivity index (χ2v) is 6.98. The molecular weight excluding hydrogens is 374 g/mol. The van der Waals surface area contributed by atoms with E-state index in [0.717, 1.165) is 24.2 Å². The second-order valence-electron chi connectivity index (χ2n) is 6.60. The van der Waals surface area contributed by atoms with E-state index in [9.17, 15) is 9.59 Å². The molecule has 0 radical (unpaired) electrons. The third-order valence-electron chi connectivity index (χ3n) is 4.67. The zero-order valence-electron chi connectivity index (χ0n) is 16.4. The summed E-state index contributed by atoms with van der Waals surface area (Å²) in [5.74, 6) is 0.134. The number of carbonyl (C=O) groups excluding carboxylic acids is 2. The van der Waals surface area contributed by atoms with Gasteiger partial charge in [0.1, 0.15) is 11.3 Å². The van der Waals surface area contributed by atoms with Crippen molar-refractivity contribution in [1.82, 2.24) is 5.32 Å². The minimum atomic E-state index is -0.531. The molecule has 6 nitrogen and oxygen atoms in total. The molecule has 1 N–H and O–H groups in total. The van der Waals surface area contributed by atoms with Crippen molar-refractivity contribution in [2.45, 2.75) is 27.7 Å². The van der Waals surface area contributed by atoms with Gasteiger partial charge in [-0.3, -0.25) is 19.8 Å². The molecular formula is C21H23N3O3S. The van der Waals surface area contributed by atoms with Gasteiger partial charge in [0.2, 0.25) is 0 Å². The third-order valence-corrected chi connectivity index (χ3v) is 4.95. The molecule has 146 valence electrons. The molecule has 1 fully saturated rings. The van der Waals surface area contributed by atoms with Crippen LogP contribution in [0.3, 0.4) is 0 Å². The fraction of sp³-hybridized carbons (Fsp3) is 0.286. The maximum atomic E-state index is 13.1. The number of anilines is 2. The lowest BCUT2D eigenvalue weighted by molar-refractivity contribution is -0.122. The molecule has 28 heavy (non-hydrogen) atoms. The van der Waals surface area contributed by atoms with Crippen LogP contribution in [-0.4, -0.2) is 30.0 Å². The van der Waals surface area contributed by atoms with Gasteiger partial charge in [-0.15, -0.1) is 0 Å². The van der Waals surface area contributed by atoms with E-state index in [0.29, 0.717) is 17.3 Å². The van der Waals surface area contributed by atoms with E-state index in [4.69, 9.17) is 16.6 Å². The van der Waals surface area contributed by atoms with Crippen molar-refractivity contribution >= 4 is 46.8 Å². The van der Waals surface area contributed by atoms with Crippen LogP contribution < -0.4 is 15.1 Å². The predicted octanol–water partition coefficient (Wildman–Crippen LogP) is 3.57. The number of carbonyl (C=O) groups is 2. The maximum Gasteiger partial charge on any atom is 0.270 e. The van der Waals surface area contributed by atoms with Crippen LogP contribution in [0, 0.1) is 13.8 Å². The average Bonchev–Trinajstić information content (AvgIpc) is 3.10. The van der Waals surface area contributed by atoms with Gasteiger partial charge in [0, 0.05) is 19.2 Å². The molecule has 1 aliphatic heterocycles. The Balaban J connectivity index is 1.97. The lowest BCUT2D eigenvalue weighted by atomic mass is 10.1. The SMILES string of the molecule is CCN(CC)c1ccc(C=C2C(=O)NC(=S)N(c3ccc(C)cc3C)C2=O)o1. The number of nitrogens with one attached hydrogen (secondary N) is 1. The van der Waals surface area contributed by atoms with Crippen LogP contribution in [0.2, 0.25) is 0 Å². The number of hydrogen-bond acceptors (Lipinski definition) is 5. The minimum Gasteiger partial charge on any atom is -0.441 e. The van der Waals surface area contributed by atoms with Gasteiger partial charge in [0.05, 0.1) is 5.69 Å². The summed E-state index contributed by atoms with van der Waals surface area (Å²) < 4.78 is 5.80. The zero-order valence-corrected chi connectivity index (χ0v) is 17.2. The number of nitrogens with zero attached hydrogens (tertiary/aromatic N) is 2. The van der Waals surface area contributed by atoms with E-state index in [1.807, 2.05) is 56.9 Å². The highest BCUT2D eigenvalue weighted by atomic mass is 32.1. The van der Waals surface area contributed by atoms with Gasteiger partial charge in [-0.25, -0.2) is 0 Å². The molecule has 0 aliphatic carbocycles. The lowest BCUT2D eigenvalue weighted by Crippen LogP contribution is -2.54. The quantitative estimate of drug-likeness (QED) is 0.475. The summed E-state index contributed by atoms with van der Waals surface area (Å²) in [5.41, 5.74) is 2.60. The van der Waals surface area contributed by atoms with E-state index in [1.165, 1.54) is 11.0 Å². The highest BCUT2D eigenvalue weighted by Crippen LogP contribution is 2.27. The highest BCUT2D eigenvalue weighted by Gasteiger charge is 2.35. The Morgan fingerprint density at radius 2 is 1.86 bits per heavy atom. The van der Waals surface area contributed by atoms with Crippen LogP contribution >= 0.6 is 12.2 Å². The van der Waals surface area contributed by atoms with Crippen LogP contribution in [0.1, 0.15) is 30.7 Å². The van der Waals surface area contributed by atoms with Crippen LogP contribution in [0.25, 0.3) is 6.08 Å². The number of rotatable bonds is 5. The molecule has 0 spiro atoms. The summed E-state index contributed by atoms with van der Waals surface area (Å²) in [4.78, 5) is 28.9. The predicted molar refractivity (Wildman–Crippen MR) is 114 cm³/mol. The van der Waals surface area contributed by atoms with Gasteiger partial charge >= 0.3 is 0 Å². The molecule has 1 aromatic heterocycles. The molecule has 0 atom stereocenters. The Morgan fingerprint density at radius 1 is 1.14 bits per heavy atom. The van der Waals surface area contributed by atoms with Crippen molar-refractivity contribution in [3.8, 4) is 0 Å². The summed E-state index contributed by atoms with van der Waals surface area (Å²) in [5, 5.41) is 2.67. The van der Waals surface area contributed by atoms with Gasteiger partial charge in [-0.1, -0.05) is 17.7 Å². The molecule has 7 heteroatoms. The topological polar surface area (TPSA) is 65.8 Å². The Morgan fingerprint density at radius 3 is 2.50 bits per heavy atom. The Labute approximate surface area is 169 Å². The first-order valence-electron chi connectivity index (χ1n) is 9.19. The van der Waals surface area contributed by atoms with E-state index in [2.05, 4.69) is 5.32 Å². The molecule has 2 amide bonds. The maximum absolute atomic E-state index is 13.1. The smallest absolute Gasteiger partial charge is 0.270 e. The highest BCUT2D eigenvalue weighted by molar-refractivity contribution is 7.80. The van der Waals surface area contributed by atoms with Crippen molar-refractivity contribution in [3.05, 3.63) is 52.8 Å². The van der Waals surface area contributed by atoms with Crippen molar-refractivity contribution < 1.29 is 14.0 Å². The van der Waals surface area contributed by atoms with Gasteiger partial charge in [-0.05, 0) is 63.7 Å². The number of aryl methyl sites for hydroxylation is 2. The molecule has 0 saturated carbocycles. The normalized spacial score (nSPS) is 15.9. The minimum absolute atomic E-state index is 0.0194. The first kappa shape index (κ1) is 19.8. The number of amides is 2. The van der Waals surface area contributed by atoms with Crippen molar-refractivity contribution in [2.24, 2.45) is 0 Å². The zero-order chi connectivity index (χ0) is 20.4. The molecule has 1 saturated heterocycles. The monoisotopic (exact) mass is 397 g/mol. The standard InChI is InChI=1S/C21H23N3O3S/c1-5-23(6-2)18-10-8-15(27-18)12-16-19(25)22-21(28)24(20(16)26)17-9-7-13(3)11-14(17)4/h7-12H,5-6H2,1-4H3,(H,22,25,28). The summed E-state index contributed by atoms with van der Waals surface area (Å²) in [6.45, 7) is 9.55. The fourth-order valence-corrected chi connectivity index (χ4v) is 3.47. The molecule has 1 aromatic carbocycles. The van der Waals surface area contributed by atoms with Crippen molar-refractivity contribution in [1.29, 1.82) is 0 Å². The van der Waals surface area contributed by atoms with Crippen LogP contribution in [0.5, 0.6) is 0 Å². The first-order valence-corrected chi connectivity index (χ1v) is 9.60. The lowest BCUT2D eigenvalue weighted by Gasteiger charge is -2.30. The van der Waals surface area contributed by atoms with Gasteiger partial charge in [0.25, 0.3) is 11.8 Å². The van der Waals surface area contributed by atoms with Gasteiger partial charge in [0.15, 0.2) is 11.0 Å². The number of hydrogen-bond donors (Lipinski definition) is 1. The second kappa shape index (κ2) is 7.98. The van der Waals surface area contributed by atoms with Gasteiger partial charge in [-0.2, -0.15) is 0 Å². The Kier molecular flexibility index (Phi) is 5.65. The van der Waals surface area contributed by atoms with Crippen molar-refractivity contribution in [3.63, 3.8) is 0 Å². The molecule has 1 aliphatic rings. The molecule has 2 heterocycles. The fourth-order valence-electron chi connectivity index (χ4n) is 3.20. The summed E-state index contributed by atoms with van der Waals surface area (Å²) in [6.07, 6.45) is 1.46. The number of furan rings is 1. The Hall–Kier alpha value is -2.93.